The fraction of sp³-hybridized carbons (Fsp3) is 0.217. The van der Waals surface area contributed by atoms with E-state index in [-0.39, 0.29) is 11.7 Å². The summed E-state index contributed by atoms with van der Waals surface area (Å²) in [6.45, 7) is 1.78. The maximum atomic E-state index is 12.5. The van der Waals surface area contributed by atoms with Crippen LogP contribution in [0.4, 0.5) is 17.3 Å². The molecule has 1 aliphatic rings. The van der Waals surface area contributed by atoms with Gasteiger partial charge in [0.05, 0.1) is 18.5 Å². The summed E-state index contributed by atoms with van der Waals surface area (Å²) in [6, 6.07) is 13.0. The minimum absolute atomic E-state index is 0.0436. The lowest BCUT2D eigenvalue weighted by atomic mass is 9.98. The number of carbonyl (C=O) groups is 2. The number of fused-ring (bicyclic) bond motifs is 1. The lowest BCUT2D eigenvalue weighted by molar-refractivity contribution is -0.115. The number of benzene rings is 2. The highest BCUT2D eigenvalue weighted by Crippen LogP contribution is 2.36. The van der Waals surface area contributed by atoms with Gasteiger partial charge in [-0.1, -0.05) is 19.1 Å². The summed E-state index contributed by atoms with van der Waals surface area (Å²) < 4.78 is 5.25. The molecule has 1 amide bonds. The Morgan fingerprint density at radius 2 is 2.03 bits per heavy atom. The number of ketones is 1. The van der Waals surface area contributed by atoms with E-state index in [1.165, 1.54) is 0 Å². The van der Waals surface area contributed by atoms with Gasteiger partial charge in [0.1, 0.15) is 5.75 Å². The molecule has 1 aromatic heterocycles. The van der Waals surface area contributed by atoms with Gasteiger partial charge in [0.15, 0.2) is 5.78 Å². The van der Waals surface area contributed by atoms with Crippen LogP contribution in [0.3, 0.4) is 0 Å². The van der Waals surface area contributed by atoms with Crippen molar-refractivity contribution in [3.05, 3.63) is 59.8 Å². The van der Waals surface area contributed by atoms with Crippen molar-refractivity contribution in [3.63, 3.8) is 0 Å². The molecule has 0 radical (unpaired) electrons. The summed E-state index contributed by atoms with van der Waals surface area (Å²) in [6.07, 6.45) is 3.10. The Labute approximate surface area is 174 Å². The minimum atomic E-state index is -0.114. The number of aromatic nitrogens is 2. The number of nitrogens with one attached hydrogen (secondary N) is 2. The van der Waals surface area contributed by atoms with Crippen LogP contribution < -0.4 is 15.4 Å². The van der Waals surface area contributed by atoms with Crippen LogP contribution in [0.25, 0.3) is 11.3 Å². The van der Waals surface area contributed by atoms with E-state index in [0.717, 1.165) is 28.3 Å². The molecule has 0 bridgehead atoms. The van der Waals surface area contributed by atoms with Gasteiger partial charge in [0.2, 0.25) is 11.9 Å². The first-order chi connectivity index (χ1) is 14.6. The van der Waals surface area contributed by atoms with Crippen molar-refractivity contribution in [1.82, 2.24) is 9.97 Å². The number of anilines is 3. The summed E-state index contributed by atoms with van der Waals surface area (Å²) >= 11 is 0. The smallest absolute Gasteiger partial charge is 0.227 e. The number of methoxy groups -OCH3 is 1. The molecule has 30 heavy (non-hydrogen) atoms. The molecule has 0 saturated heterocycles. The molecule has 0 atom stereocenters. The first kappa shape index (κ1) is 19.6. The van der Waals surface area contributed by atoms with Gasteiger partial charge in [-0.15, -0.1) is 0 Å². The van der Waals surface area contributed by atoms with Gasteiger partial charge in [-0.3, -0.25) is 9.59 Å². The van der Waals surface area contributed by atoms with E-state index in [9.17, 15) is 9.59 Å². The number of Topliss-reactive ketones (excluding diaryl/α,β-unsaturated/α-hetero) is 1. The number of hydrogen-bond acceptors (Lipinski definition) is 6. The molecule has 3 aromatic rings. The third kappa shape index (κ3) is 3.87. The second-order valence-electron chi connectivity index (χ2n) is 6.96. The summed E-state index contributed by atoms with van der Waals surface area (Å²) in [5.74, 6) is 1.11. The van der Waals surface area contributed by atoms with E-state index in [1.54, 1.807) is 26.3 Å². The molecule has 7 nitrogen and oxygen atoms in total. The highest BCUT2D eigenvalue weighted by Gasteiger charge is 2.27. The van der Waals surface area contributed by atoms with Crippen LogP contribution in [-0.2, 0) is 11.2 Å². The average Bonchev–Trinajstić information content (AvgIpc) is 3.16. The standard InChI is InChI=1S/C23H22N4O3/c1-3-21(29)26-19-9-7-16(17-8-10-20(28)22(17)19)18-11-12-24-23(27-18)25-14-5-4-6-15(13-14)30-2/h4-7,9,11-13H,3,8,10H2,1-2H3,(H,26,29)(H,24,25,27). The summed E-state index contributed by atoms with van der Waals surface area (Å²) in [4.78, 5) is 33.3. The van der Waals surface area contributed by atoms with Gasteiger partial charge in [-0.05, 0) is 36.2 Å². The fourth-order valence-electron chi connectivity index (χ4n) is 3.57. The van der Waals surface area contributed by atoms with Crippen LogP contribution in [0.5, 0.6) is 5.75 Å². The van der Waals surface area contributed by atoms with Gasteiger partial charge in [-0.25, -0.2) is 9.97 Å². The molecule has 0 unspecified atom stereocenters. The van der Waals surface area contributed by atoms with Crippen LogP contribution in [0.1, 0.15) is 35.7 Å². The topological polar surface area (TPSA) is 93.2 Å². The zero-order chi connectivity index (χ0) is 21.1. The number of nitrogens with zero attached hydrogens (tertiary/aromatic N) is 2. The van der Waals surface area contributed by atoms with Crippen LogP contribution in [0, 0.1) is 0 Å². The molecule has 0 aliphatic heterocycles. The molecular weight excluding hydrogens is 380 g/mol. The van der Waals surface area contributed by atoms with E-state index < -0.39 is 0 Å². The second kappa shape index (κ2) is 8.32. The van der Waals surface area contributed by atoms with E-state index in [0.29, 0.717) is 36.5 Å². The fourth-order valence-corrected chi connectivity index (χ4v) is 3.57. The summed E-state index contributed by atoms with van der Waals surface area (Å²) in [5.41, 5.74) is 4.49. The normalized spacial score (nSPS) is 12.4. The maximum Gasteiger partial charge on any atom is 0.227 e. The van der Waals surface area contributed by atoms with Gasteiger partial charge in [0.25, 0.3) is 0 Å². The van der Waals surface area contributed by atoms with Crippen LogP contribution in [-0.4, -0.2) is 28.8 Å². The summed E-state index contributed by atoms with van der Waals surface area (Å²) in [7, 11) is 1.62. The Morgan fingerprint density at radius 1 is 1.17 bits per heavy atom. The second-order valence-corrected chi connectivity index (χ2v) is 6.96. The predicted molar refractivity (Wildman–Crippen MR) is 115 cm³/mol. The number of amides is 1. The molecule has 4 rings (SSSR count). The molecule has 1 aliphatic carbocycles. The maximum absolute atomic E-state index is 12.5. The van der Waals surface area contributed by atoms with Gasteiger partial charge >= 0.3 is 0 Å². The van der Waals surface area contributed by atoms with Crippen molar-refractivity contribution in [1.29, 1.82) is 0 Å². The Kier molecular flexibility index (Phi) is 5.43. The molecule has 2 N–H and O–H groups in total. The molecule has 2 aromatic carbocycles. The van der Waals surface area contributed by atoms with E-state index in [1.807, 2.05) is 36.4 Å². The zero-order valence-corrected chi connectivity index (χ0v) is 16.9. The van der Waals surface area contributed by atoms with Crippen molar-refractivity contribution in [2.45, 2.75) is 26.2 Å². The van der Waals surface area contributed by atoms with Gasteiger partial charge in [0, 0.05) is 41.9 Å². The van der Waals surface area contributed by atoms with E-state index >= 15 is 0 Å². The first-order valence-corrected chi connectivity index (χ1v) is 9.82. The number of rotatable bonds is 6. The Bertz CT molecular complexity index is 1130. The molecule has 0 spiro atoms. The highest BCUT2D eigenvalue weighted by atomic mass is 16.5. The quantitative estimate of drug-likeness (QED) is 0.636. The Hall–Kier alpha value is -3.74. The monoisotopic (exact) mass is 402 g/mol. The van der Waals surface area contributed by atoms with Crippen LogP contribution in [0.2, 0.25) is 0 Å². The molecule has 7 heteroatoms. The predicted octanol–water partition coefficient (Wildman–Crippen LogP) is 4.37. The lowest BCUT2D eigenvalue weighted by Crippen LogP contribution is -2.12. The molecule has 0 fully saturated rings. The van der Waals surface area contributed by atoms with Crippen molar-refractivity contribution < 1.29 is 14.3 Å². The van der Waals surface area contributed by atoms with Gasteiger partial charge < -0.3 is 15.4 Å². The highest BCUT2D eigenvalue weighted by molar-refractivity contribution is 6.09. The van der Waals surface area contributed by atoms with Crippen molar-refractivity contribution in [2.75, 3.05) is 17.7 Å². The molecule has 1 heterocycles. The van der Waals surface area contributed by atoms with Crippen LogP contribution >= 0.6 is 0 Å². The SMILES string of the molecule is CCC(=O)Nc1ccc(-c2ccnc(Nc3cccc(OC)c3)n2)c2c1C(=O)CC2. The first-order valence-electron chi connectivity index (χ1n) is 9.82. The van der Waals surface area contributed by atoms with Gasteiger partial charge in [-0.2, -0.15) is 0 Å². The van der Waals surface area contributed by atoms with E-state index in [2.05, 4.69) is 20.6 Å². The molecular formula is C23H22N4O3. The lowest BCUT2D eigenvalue weighted by Gasteiger charge is -2.13. The Balaban J connectivity index is 1.68. The van der Waals surface area contributed by atoms with Crippen molar-refractivity contribution in [3.8, 4) is 17.0 Å². The average molecular weight is 402 g/mol. The zero-order valence-electron chi connectivity index (χ0n) is 16.9. The number of ether oxygens (including phenoxy) is 1. The third-order valence-electron chi connectivity index (χ3n) is 5.05. The molecule has 152 valence electrons. The largest absolute Gasteiger partial charge is 0.497 e. The minimum Gasteiger partial charge on any atom is -0.497 e. The number of hydrogen-bond donors (Lipinski definition) is 2. The van der Waals surface area contributed by atoms with Crippen molar-refractivity contribution >= 4 is 29.0 Å². The van der Waals surface area contributed by atoms with Crippen molar-refractivity contribution in [2.24, 2.45) is 0 Å². The number of carbonyl (C=O) groups excluding carboxylic acids is 2. The molecule has 0 saturated carbocycles. The Morgan fingerprint density at radius 3 is 2.83 bits per heavy atom. The van der Waals surface area contributed by atoms with Crippen LogP contribution in [0.15, 0.2) is 48.7 Å². The summed E-state index contributed by atoms with van der Waals surface area (Å²) in [5, 5.41) is 6.02. The van der Waals surface area contributed by atoms with E-state index in [4.69, 9.17) is 4.74 Å². The third-order valence-corrected chi connectivity index (χ3v) is 5.05.